The van der Waals surface area contributed by atoms with Gasteiger partial charge in [0.15, 0.2) is 0 Å². The number of carbonyl (C=O) groups excluding carboxylic acids is 1. The van der Waals surface area contributed by atoms with Gasteiger partial charge in [0.05, 0.1) is 6.26 Å². The summed E-state index contributed by atoms with van der Waals surface area (Å²) in [6.07, 6.45) is 7.83. The van der Waals surface area contributed by atoms with Gasteiger partial charge < -0.3 is 9.32 Å². The number of hydrogen-bond donors (Lipinski definition) is 0. The van der Waals surface area contributed by atoms with Crippen molar-refractivity contribution in [1.29, 1.82) is 0 Å². The van der Waals surface area contributed by atoms with E-state index in [9.17, 15) is 4.79 Å². The number of rotatable bonds is 5. The largest absolute Gasteiger partial charge is 0.469 e. The number of carbonyl (C=O) groups is 1. The molecule has 2 atom stereocenters. The zero-order valence-electron chi connectivity index (χ0n) is 13.0. The van der Waals surface area contributed by atoms with Gasteiger partial charge in [0, 0.05) is 31.5 Å². The lowest BCUT2D eigenvalue weighted by Gasteiger charge is -2.34. The summed E-state index contributed by atoms with van der Waals surface area (Å²) in [7, 11) is 0. The quantitative estimate of drug-likeness (QED) is 0.836. The molecule has 2 aliphatic rings. The van der Waals surface area contributed by atoms with Gasteiger partial charge in [-0.25, -0.2) is 0 Å². The highest BCUT2D eigenvalue weighted by molar-refractivity contribution is 5.77. The summed E-state index contributed by atoms with van der Waals surface area (Å²) in [4.78, 5) is 17.3. The first-order valence-electron chi connectivity index (χ1n) is 8.35. The third-order valence-corrected chi connectivity index (χ3v) is 5.05. The summed E-state index contributed by atoms with van der Waals surface area (Å²) < 4.78 is 5.33. The highest BCUT2D eigenvalue weighted by Crippen LogP contribution is 2.30. The maximum absolute atomic E-state index is 12.6. The normalized spacial score (nSPS) is 26.6. The predicted molar refractivity (Wildman–Crippen MR) is 82.0 cm³/mol. The SMILES string of the molecule is CCN1CCC[C@@H]1[C@H]1CCCN1C(=O)CCc1ccco1. The Morgan fingerprint density at radius 1 is 1.29 bits per heavy atom. The molecule has 0 bridgehead atoms. The van der Waals surface area contributed by atoms with E-state index < -0.39 is 0 Å². The van der Waals surface area contributed by atoms with Gasteiger partial charge in [-0.05, 0) is 50.9 Å². The van der Waals surface area contributed by atoms with Crippen LogP contribution in [-0.2, 0) is 11.2 Å². The molecule has 1 amide bonds. The summed E-state index contributed by atoms with van der Waals surface area (Å²) in [6.45, 7) is 5.48. The number of likely N-dealkylation sites (tertiary alicyclic amines) is 2. The number of hydrogen-bond acceptors (Lipinski definition) is 3. The highest BCUT2D eigenvalue weighted by Gasteiger charge is 2.38. The van der Waals surface area contributed by atoms with Crippen LogP contribution in [0.4, 0.5) is 0 Å². The van der Waals surface area contributed by atoms with Crippen molar-refractivity contribution in [1.82, 2.24) is 9.80 Å². The zero-order chi connectivity index (χ0) is 14.7. The smallest absolute Gasteiger partial charge is 0.223 e. The minimum atomic E-state index is 0.303. The molecule has 4 nitrogen and oxygen atoms in total. The first kappa shape index (κ1) is 14.6. The van der Waals surface area contributed by atoms with Crippen molar-refractivity contribution in [3.8, 4) is 0 Å². The van der Waals surface area contributed by atoms with E-state index in [1.54, 1.807) is 6.26 Å². The molecule has 0 aromatic carbocycles. The van der Waals surface area contributed by atoms with Crippen LogP contribution in [0.5, 0.6) is 0 Å². The van der Waals surface area contributed by atoms with Crippen LogP contribution in [0.15, 0.2) is 22.8 Å². The van der Waals surface area contributed by atoms with Gasteiger partial charge in [0.2, 0.25) is 5.91 Å². The molecule has 2 aliphatic heterocycles. The first-order valence-corrected chi connectivity index (χ1v) is 8.35. The third kappa shape index (κ3) is 3.15. The van der Waals surface area contributed by atoms with E-state index in [0.717, 1.165) is 31.7 Å². The molecule has 3 rings (SSSR count). The molecule has 0 spiro atoms. The van der Waals surface area contributed by atoms with Gasteiger partial charge >= 0.3 is 0 Å². The monoisotopic (exact) mass is 290 g/mol. The molecule has 0 N–H and O–H groups in total. The summed E-state index contributed by atoms with van der Waals surface area (Å²) in [5.74, 6) is 1.21. The molecule has 21 heavy (non-hydrogen) atoms. The minimum Gasteiger partial charge on any atom is -0.469 e. The average molecular weight is 290 g/mol. The Morgan fingerprint density at radius 2 is 2.10 bits per heavy atom. The fraction of sp³-hybridized carbons (Fsp3) is 0.706. The number of likely N-dealkylation sites (N-methyl/N-ethyl adjacent to an activating group) is 1. The van der Waals surface area contributed by atoms with E-state index in [1.807, 2.05) is 12.1 Å². The second-order valence-electron chi connectivity index (χ2n) is 6.21. The Hall–Kier alpha value is -1.29. The molecule has 0 radical (unpaired) electrons. The molecular weight excluding hydrogens is 264 g/mol. The molecule has 116 valence electrons. The fourth-order valence-corrected chi connectivity index (χ4v) is 4.01. The Balaban J connectivity index is 1.59. The van der Waals surface area contributed by atoms with E-state index in [1.165, 1.54) is 25.8 Å². The molecule has 3 heterocycles. The summed E-state index contributed by atoms with van der Waals surface area (Å²) in [5.41, 5.74) is 0. The van der Waals surface area contributed by atoms with Crippen molar-refractivity contribution >= 4 is 5.91 Å². The molecule has 0 unspecified atom stereocenters. The van der Waals surface area contributed by atoms with Crippen LogP contribution >= 0.6 is 0 Å². The molecule has 1 aromatic rings. The van der Waals surface area contributed by atoms with Crippen LogP contribution in [0.1, 0.15) is 44.8 Å². The Morgan fingerprint density at radius 3 is 2.86 bits per heavy atom. The third-order valence-electron chi connectivity index (χ3n) is 5.05. The summed E-state index contributed by atoms with van der Waals surface area (Å²) >= 11 is 0. The zero-order valence-corrected chi connectivity index (χ0v) is 13.0. The van der Waals surface area contributed by atoms with Crippen LogP contribution in [0.3, 0.4) is 0 Å². The van der Waals surface area contributed by atoms with E-state index in [-0.39, 0.29) is 0 Å². The second-order valence-corrected chi connectivity index (χ2v) is 6.21. The van der Waals surface area contributed by atoms with Gasteiger partial charge in [0.25, 0.3) is 0 Å². The lowest BCUT2D eigenvalue weighted by Crippen LogP contribution is -2.48. The van der Waals surface area contributed by atoms with Crippen molar-refractivity contribution in [2.75, 3.05) is 19.6 Å². The average Bonchev–Trinajstić information content (AvgIpc) is 3.23. The van der Waals surface area contributed by atoms with E-state index in [2.05, 4.69) is 16.7 Å². The van der Waals surface area contributed by atoms with E-state index >= 15 is 0 Å². The van der Waals surface area contributed by atoms with E-state index in [0.29, 0.717) is 24.4 Å². The van der Waals surface area contributed by atoms with Crippen molar-refractivity contribution < 1.29 is 9.21 Å². The van der Waals surface area contributed by atoms with Gasteiger partial charge in [0.1, 0.15) is 5.76 Å². The molecule has 2 saturated heterocycles. The van der Waals surface area contributed by atoms with E-state index in [4.69, 9.17) is 4.42 Å². The van der Waals surface area contributed by atoms with Gasteiger partial charge in [-0.15, -0.1) is 0 Å². The number of amides is 1. The van der Waals surface area contributed by atoms with Gasteiger partial charge in [-0.3, -0.25) is 9.69 Å². The summed E-state index contributed by atoms with van der Waals surface area (Å²) in [5, 5.41) is 0. The standard InChI is InChI=1S/C17H26N2O2/c1-2-18-11-3-7-15(18)16-8-4-12-19(16)17(20)10-9-14-6-5-13-21-14/h5-6,13,15-16H,2-4,7-12H2,1H3/t15-,16-/m1/s1. The van der Waals surface area contributed by atoms with Crippen molar-refractivity contribution in [2.45, 2.75) is 57.5 Å². The lowest BCUT2D eigenvalue weighted by molar-refractivity contribution is -0.133. The number of furan rings is 1. The number of aryl methyl sites for hydroxylation is 1. The van der Waals surface area contributed by atoms with Crippen LogP contribution < -0.4 is 0 Å². The molecule has 1 aromatic heterocycles. The first-order chi connectivity index (χ1) is 10.3. The molecule has 2 fully saturated rings. The fourth-order valence-electron chi connectivity index (χ4n) is 4.01. The van der Waals surface area contributed by atoms with Gasteiger partial charge in [-0.2, -0.15) is 0 Å². The summed E-state index contributed by atoms with van der Waals surface area (Å²) in [6, 6.07) is 4.86. The Bertz CT molecular complexity index is 457. The van der Waals surface area contributed by atoms with Crippen LogP contribution in [-0.4, -0.2) is 47.4 Å². The topological polar surface area (TPSA) is 36.7 Å². The Labute approximate surface area is 127 Å². The maximum Gasteiger partial charge on any atom is 0.223 e. The second kappa shape index (κ2) is 6.65. The Kier molecular flexibility index (Phi) is 4.63. The van der Waals surface area contributed by atoms with Crippen molar-refractivity contribution in [3.05, 3.63) is 24.2 Å². The highest BCUT2D eigenvalue weighted by atomic mass is 16.3. The van der Waals surface area contributed by atoms with Gasteiger partial charge in [-0.1, -0.05) is 6.92 Å². The number of nitrogens with zero attached hydrogens (tertiary/aromatic N) is 2. The molecule has 0 saturated carbocycles. The minimum absolute atomic E-state index is 0.303. The molecule has 4 heteroatoms. The van der Waals surface area contributed by atoms with Crippen LogP contribution in [0.25, 0.3) is 0 Å². The molecule has 0 aliphatic carbocycles. The maximum atomic E-state index is 12.6. The molecular formula is C17H26N2O2. The van der Waals surface area contributed by atoms with Crippen LogP contribution in [0, 0.1) is 0 Å². The van der Waals surface area contributed by atoms with Crippen LogP contribution in [0.2, 0.25) is 0 Å². The van der Waals surface area contributed by atoms with Crippen molar-refractivity contribution in [3.63, 3.8) is 0 Å². The predicted octanol–water partition coefficient (Wildman–Crippen LogP) is 2.69. The van der Waals surface area contributed by atoms with Crippen molar-refractivity contribution in [2.24, 2.45) is 0 Å². The lowest BCUT2D eigenvalue weighted by atomic mass is 10.0.